The molecule has 0 aliphatic carbocycles. The molecular formula is C14H28N2O3. The van der Waals surface area contributed by atoms with Crippen LogP contribution in [0.4, 0.5) is 4.79 Å². The maximum atomic E-state index is 11.9. The Balaban J connectivity index is 2.43. The average molecular weight is 272 g/mol. The number of nitrogens with one attached hydrogen (secondary N) is 1. The van der Waals surface area contributed by atoms with Crippen LogP contribution in [0.5, 0.6) is 0 Å². The summed E-state index contributed by atoms with van der Waals surface area (Å²) >= 11 is 0. The second-order valence-electron chi connectivity index (χ2n) is 6.61. The van der Waals surface area contributed by atoms with Crippen molar-refractivity contribution in [3.8, 4) is 0 Å². The van der Waals surface area contributed by atoms with Crippen molar-refractivity contribution in [2.75, 3.05) is 19.7 Å². The topological polar surface area (TPSA) is 61.8 Å². The molecule has 1 aliphatic rings. The van der Waals surface area contributed by atoms with Crippen LogP contribution in [-0.2, 0) is 4.74 Å². The molecule has 19 heavy (non-hydrogen) atoms. The van der Waals surface area contributed by atoms with E-state index in [2.05, 4.69) is 19.2 Å². The van der Waals surface area contributed by atoms with Gasteiger partial charge in [-0.25, -0.2) is 4.79 Å². The van der Waals surface area contributed by atoms with Gasteiger partial charge in [-0.05, 0) is 33.1 Å². The highest BCUT2D eigenvalue weighted by molar-refractivity contribution is 5.68. The van der Waals surface area contributed by atoms with E-state index in [0.29, 0.717) is 19.0 Å². The first kappa shape index (κ1) is 16.2. The molecule has 0 bridgehead atoms. The van der Waals surface area contributed by atoms with Gasteiger partial charge in [-0.2, -0.15) is 0 Å². The summed E-state index contributed by atoms with van der Waals surface area (Å²) in [6.07, 6.45) is 0.657. The molecular weight excluding hydrogens is 244 g/mol. The third kappa shape index (κ3) is 5.37. The van der Waals surface area contributed by atoms with E-state index < -0.39 is 5.60 Å². The van der Waals surface area contributed by atoms with E-state index in [1.165, 1.54) is 0 Å². The zero-order chi connectivity index (χ0) is 14.6. The largest absolute Gasteiger partial charge is 0.444 e. The summed E-state index contributed by atoms with van der Waals surface area (Å²) in [5, 5.41) is 12.7. The SMILES string of the molecule is CC(C)[C@@H](CO)NC1CCN(C(=O)OC(C)(C)C)C1. The first-order valence-corrected chi connectivity index (χ1v) is 7.07. The van der Waals surface area contributed by atoms with Crippen molar-refractivity contribution < 1.29 is 14.6 Å². The number of carbonyl (C=O) groups excluding carboxylic acids is 1. The van der Waals surface area contributed by atoms with Crippen molar-refractivity contribution in [3.05, 3.63) is 0 Å². The number of likely N-dealkylation sites (tertiary alicyclic amines) is 1. The Morgan fingerprint density at radius 1 is 1.47 bits per heavy atom. The lowest BCUT2D eigenvalue weighted by atomic mass is 10.0. The molecule has 112 valence electrons. The van der Waals surface area contributed by atoms with E-state index in [4.69, 9.17) is 4.74 Å². The van der Waals surface area contributed by atoms with Gasteiger partial charge >= 0.3 is 6.09 Å². The summed E-state index contributed by atoms with van der Waals surface area (Å²) in [4.78, 5) is 13.7. The molecule has 2 atom stereocenters. The molecule has 0 spiro atoms. The van der Waals surface area contributed by atoms with Crippen molar-refractivity contribution in [2.24, 2.45) is 5.92 Å². The van der Waals surface area contributed by atoms with Crippen LogP contribution in [0.1, 0.15) is 41.0 Å². The van der Waals surface area contributed by atoms with E-state index in [0.717, 1.165) is 6.42 Å². The summed E-state index contributed by atoms with van der Waals surface area (Å²) < 4.78 is 5.36. The smallest absolute Gasteiger partial charge is 0.410 e. The summed E-state index contributed by atoms with van der Waals surface area (Å²) in [7, 11) is 0. The first-order valence-electron chi connectivity index (χ1n) is 7.07. The molecule has 0 aromatic carbocycles. The molecule has 1 aliphatic heterocycles. The van der Waals surface area contributed by atoms with Crippen LogP contribution >= 0.6 is 0 Å². The normalized spacial score (nSPS) is 21.8. The standard InChI is InChI=1S/C14H28N2O3/c1-10(2)12(9-17)15-11-6-7-16(8-11)13(18)19-14(3,4)5/h10-12,15,17H,6-9H2,1-5H3/t11?,12-/m1/s1. The van der Waals surface area contributed by atoms with Crippen LogP contribution in [0.3, 0.4) is 0 Å². The van der Waals surface area contributed by atoms with Crippen LogP contribution in [-0.4, -0.2) is 53.5 Å². The van der Waals surface area contributed by atoms with E-state index >= 15 is 0 Å². The van der Waals surface area contributed by atoms with Crippen molar-refractivity contribution in [1.82, 2.24) is 10.2 Å². The lowest BCUT2D eigenvalue weighted by Crippen LogP contribution is -2.45. The van der Waals surface area contributed by atoms with Crippen molar-refractivity contribution in [2.45, 2.75) is 58.7 Å². The van der Waals surface area contributed by atoms with Crippen LogP contribution in [0.15, 0.2) is 0 Å². The maximum absolute atomic E-state index is 11.9. The first-order chi connectivity index (χ1) is 8.73. The van der Waals surface area contributed by atoms with Gasteiger partial charge in [-0.1, -0.05) is 13.8 Å². The van der Waals surface area contributed by atoms with Crippen LogP contribution < -0.4 is 5.32 Å². The molecule has 2 N–H and O–H groups in total. The summed E-state index contributed by atoms with van der Waals surface area (Å²) in [6.45, 7) is 11.3. The molecule has 0 aromatic rings. The minimum atomic E-state index is -0.450. The third-order valence-electron chi connectivity index (χ3n) is 3.29. The van der Waals surface area contributed by atoms with Gasteiger partial charge in [0.1, 0.15) is 5.60 Å². The number of nitrogens with zero attached hydrogens (tertiary/aromatic N) is 1. The molecule has 1 fully saturated rings. The number of aliphatic hydroxyl groups is 1. The van der Waals surface area contributed by atoms with Crippen LogP contribution in [0.2, 0.25) is 0 Å². The minimum absolute atomic E-state index is 0.0867. The van der Waals surface area contributed by atoms with E-state index in [1.54, 1.807) is 4.90 Å². The Hall–Kier alpha value is -0.810. The second-order valence-corrected chi connectivity index (χ2v) is 6.61. The molecule has 1 unspecified atom stereocenters. The van der Waals surface area contributed by atoms with Crippen LogP contribution in [0, 0.1) is 5.92 Å². The fourth-order valence-electron chi connectivity index (χ4n) is 2.15. The van der Waals surface area contributed by atoms with Gasteiger partial charge in [0.2, 0.25) is 0 Å². The highest BCUT2D eigenvalue weighted by Crippen LogP contribution is 2.16. The second kappa shape index (κ2) is 6.57. The monoisotopic (exact) mass is 272 g/mol. The van der Waals surface area contributed by atoms with Gasteiger partial charge in [0.05, 0.1) is 6.61 Å². The molecule has 0 saturated carbocycles. The molecule has 1 amide bonds. The number of amides is 1. The van der Waals surface area contributed by atoms with Gasteiger partial charge in [-0.15, -0.1) is 0 Å². The lowest BCUT2D eigenvalue weighted by Gasteiger charge is -2.26. The molecule has 0 radical (unpaired) electrons. The Morgan fingerprint density at radius 3 is 2.58 bits per heavy atom. The van der Waals surface area contributed by atoms with Gasteiger partial charge < -0.3 is 20.1 Å². The highest BCUT2D eigenvalue weighted by Gasteiger charge is 2.31. The van der Waals surface area contributed by atoms with Gasteiger partial charge in [0.25, 0.3) is 0 Å². The Morgan fingerprint density at radius 2 is 2.11 bits per heavy atom. The van der Waals surface area contributed by atoms with Crippen molar-refractivity contribution >= 4 is 6.09 Å². The predicted molar refractivity (Wildman–Crippen MR) is 75.1 cm³/mol. The fourth-order valence-corrected chi connectivity index (χ4v) is 2.15. The number of rotatable bonds is 4. The predicted octanol–water partition coefficient (Wildman–Crippen LogP) is 1.60. The molecule has 1 rings (SSSR count). The molecule has 1 heterocycles. The molecule has 1 saturated heterocycles. The number of hydrogen-bond acceptors (Lipinski definition) is 4. The van der Waals surface area contributed by atoms with Gasteiger partial charge in [-0.3, -0.25) is 0 Å². The lowest BCUT2D eigenvalue weighted by molar-refractivity contribution is 0.0289. The third-order valence-corrected chi connectivity index (χ3v) is 3.29. The van der Waals surface area contributed by atoms with Crippen molar-refractivity contribution in [3.63, 3.8) is 0 Å². The van der Waals surface area contributed by atoms with E-state index in [9.17, 15) is 9.90 Å². The van der Waals surface area contributed by atoms with E-state index in [-0.39, 0.29) is 24.8 Å². The van der Waals surface area contributed by atoms with Gasteiger partial charge in [0, 0.05) is 25.2 Å². The van der Waals surface area contributed by atoms with E-state index in [1.807, 2.05) is 20.8 Å². The summed E-state index contributed by atoms with van der Waals surface area (Å²) in [6, 6.07) is 0.329. The number of hydrogen-bond donors (Lipinski definition) is 2. The molecule has 0 aromatic heterocycles. The quantitative estimate of drug-likeness (QED) is 0.816. The molecule has 5 heteroatoms. The Labute approximate surface area is 116 Å². The summed E-state index contributed by atoms with van der Waals surface area (Å²) in [5.41, 5.74) is -0.450. The fraction of sp³-hybridized carbons (Fsp3) is 0.929. The van der Waals surface area contributed by atoms with Crippen molar-refractivity contribution in [1.29, 1.82) is 0 Å². The number of carbonyl (C=O) groups is 1. The highest BCUT2D eigenvalue weighted by atomic mass is 16.6. The Bertz CT molecular complexity index is 300. The zero-order valence-electron chi connectivity index (χ0n) is 12.8. The summed E-state index contributed by atoms with van der Waals surface area (Å²) in [5.74, 6) is 0.376. The van der Waals surface area contributed by atoms with Gasteiger partial charge in [0.15, 0.2) is 0 Å². The number of aliphatic hydroxyl groups excluding tert-OH is 1. The maximum Gasteiger partial charge on any atom is 0.410 e. The minimum Gasteiger partial charge on any atom is -0.444 e. The Kier molecular flexibility index (Phi) is 5.62. The molecule has 5 nitrogen and oxygen atoms in total. The number of ether oxygens (including phenoxy) is 1. The van der Waals surface area contributed by atoms with Crippen LogP contribution in [0.25, 0.3) is 0 Å². The average Bonchev–Trinajstić information content (AvgIpc) is 2.71. The zero-order valence-corrected chi connectivity index (χ0v) is 12.8.